The van der Waals surface area contributed by atoms with Gasteiger partial charge in [0.15, 0.2) is 8.32 Å². The highest BCUT2D eigenvalue weighted by atomic mass is 28.4. The summed E-state index contributed by atoms with van der Waals surface area (Å²) in [6, 6.07) is 8.02. The van der Waals surface area contributed by atoms with Crippen molar-refractivity contribution in [3.63, 3.8) is 0 Å². The van der Waals surface area contributed by atoms with Gasteiger partial charge in [0.2, 0.25) is 0 Å². The quantitative estimate of drug-likeness (QED) is 0.388. The maximum absolute atomic E-state index is 6.44. The number of rotatable bonds is 9. The molecule has 0 spiro atoms. The van der Waals surface area contributed by atoms with Gasteiger partial charge in [-0.2, -0.15) is 0 Å². The molecular weight excluding hydrogens is 352 g/mol. The molecule has 0 aromatic heterocycles. The molecule has 0 N–H and O–H groups in total. The van der Waals surface area contributed by atoms with Crippen LogP contribution in [0.3, 0.4) is 0 Å². The highest BCUT2D eigenvalue weighted by Gasteiger charge is 2.38. The highest BCUT2D eigenvalue weighted by Crippen LogP contribution is 2.37. The molecule has 0 saturated heterocycles. The Morgan fingerprint density at radius 3 is 2.15 bits per heavy atom. The zero-order valence-corrected chi connectivity index (χ0v) is 19.7. The van der Waals surface area contributed by atoms with E-state index in [9.17, 15) is 0 Å². The van der Waals surface area contributed by atoms with Crippen LogP contribution < -0.4 is 4.74 Å². The molecule has 1 rings (SSSR count). The van der Waals surface area contributed by atoms with Crippen LogP contribution in [0.1, 0.15) is 47.1 Å². The standard InChI is InChI=1S/C23H38O3Si/c1-10-11-18(2)22(19(3)16-26-27(8,9)23(4,5)6)25-17-20-12-14-21(24-7)15-13-20/h12-15,18-19,22H,16-17H2,1-9H3/t18-,19-,22-/m1/s1. The summed E-state index contributed by atoms with van der Waals surface area (Å²) in [7, 11) is -0.0924. The Morgan fingerprint density at radius 2 is 1.67 bits per heavy atom. The van der Waals surface area contributed by atoms with E-state index >= 15 is 0 Å². The molecule has 27 heavy (non-hydrogen) atoms. The lowest BCUT2D eigenvalue weighted by molar-refractivity contribution is -0.0273. The predicted molar refractivity (Wildman–Crippen MR) is 116 cm³/mol. The summed E-state index contributed by atoms with van der Waals surface area (Å²) in [5.41, 5.74) is 1.13. The van der Waals surface area contributed by atoms with Crippen LogP contribution in [0.15, 0.2) is 24.3 Å². The maximum Gasteiger partial charge on any atom is 0.191 e. The van der Waals surface area contributed by atoms with Crippen LogP contribution in [0.4, 0.5) is 0 Å². The average Bonchev–Trinajstić information content (AvgIpc) is 2.60. The monoisotopic (exact) mass is 390 g/mol. The van der Waals surface area contributed by atoms with Crippen LogP contribution in [0.25, 0.3) is 0 Å². The van der Waals surface area contributed by atoms with Crippen molar-refractivity contribution < 1.29 is 13.9 Å². The number of benzene rings is 1. The smallest absolute Gasteiger partial charge is 0.191 e. The third kappa shape index (κ3) is 7.33. The molecule has 4 heteroatoms. The van der Waals surface area contributed by atoms with Crippen molar-refractivity contribution in [1.82, 2.24) is 0 Å². The molecule has 3 atom stereocenters. The van der Waals surface area contributed by atoms with Crippen LogP contribution in [0.5, 0.6) is 5.75 Å². The Bertz CT molecular complexity index is 620. The third-order valence-electron chi connectivity index (χ3n) is 5.54. The molecule has 0 fully saturated rings. The summed E-state index contributed by atoms with van der Waals surface area (Å²) in [6.45, 7) is 18.9. The first-order valence-electron chi connectivity index (χ1n) is 9.82. The van der Waals surface area contributed by atoms with E-state index in [0.29, 0.717) is 13.2 Å². The fourth-order valence-corrected chi connectivity index (χ4v) is 3.79. The van der Waals surface area contributed by atoms with Gasteiger partial charge in [-0.3, -0.25) is 0 Å². The van der Waals surface area contributed by atoms with E-state index in [1.165, 1.54) is 0 Å². The summed E-state index contributed by atoms with van der Waals surface area (Å²) in [5, 5.41) is 0.209. The molecule has 1 aromatic rings. The Kier molecular flexibility index (Phi) is 9.07. The molecule has 1 aromatic carbocycles. The van der Waals surface area contributed by atoms with Crippen molar-refractivity contribution in [1.29, 1.82) is 0 Å². The SMILES string of the molecule is CC#C[C@@H](C)[C@@H](OCc1ccc(OC)cc1)[C@H](C)CO[Si](C)(C)C(C)(C)C. The van der Waals surface area contributed by atoms with Crippen molar-refractivity contribution in [3.05, 3.63) is 29.8 Å². The molecule has 0 radical (unpaired) electrons. The molecule has 0 unspecified atom stereocenters. The van der Waals surface area contributed by atoms with E-state index in [-0.39, 0.29) is 23.0 Å². The fourth-order valence-electron chi connectivity index (χ4n) is 2.68. The van der Waals surface area contributed by atoms with Crippen molar-refractivity contribution in [2.75, 3.05) is 13.7 Å². The van der Waals surface area contributed by atoms with Crippen LogP contribution in [0.2, 0.25) is 18.1 Å². The van der Waals surface area contributed by atoms with Gasteiger partial charge in [0.05, 0.1) is 19.8 Å². The molecular formula is C23H38O3Si. The summed E-state index contributed by atoms with van der Waals surface area (Å²) in [4.78, 5) is 0. The second-order valence-electron chi connectivity index (χ2n) is 8.86. The lowest BCUT2D eigenvalue weighted by Crippen LogP contribution is -2.43. The zero-order valence-electron chi connectivity index (χ0n) is 18.7. The van der Waals surface area contributed by atoms with E-state index in [4.69, 9.17) is 13.9 Å². The Hall–Kier alpha value is -1.28. The van der Waals surface area contributed by atoms with Gasteiger partial charge in [0, 0.05) is 18.4 Å². The number of hydrogen-bond acceptors (Lipinski definition) is 3. The minimum absolute atomic E-state index is 0.0318. The van der Waals surface area contributed by atoms with Gasteiger partial charge in [0.25, 0.3) is 0 Å². The molecule has 0 bridgehead atoms. The molecule has 0 aliphatic rings. The normalized spacial score (nSPS) is 15.4. The maximum atomic E-state index is 6.44. The summed E-state index contributed by atoms with van der Waals surface area (Å²) in [5.74, 6) is 7.59. The highest BCUT2D eigenvalue weighted by molar-refractivity contribution is 6.74. The van der Waals surface area contributed by atoms with Crippen molar-refractivity contribution in [2.45, 2.75) is 72.4 Å². The minimum atomic E-state index is -1.77. The van der Waals surface area contributed by atoms with Gasteiger partial charge >= 0.3 is 0 Å². The number of methoxy groups -OCH3 is 1. The first kappa shape index (κ1) is 23.8. The molecule has 152 valence electrons. The number of hydrogen-bond donors (Lipinski definition) is 0. The van der Waals surface area contributed by atoms with Crippen LogP contribution in [-0.2, 0) is 15.8 Å². The predicted octanol–water partition coefficient (Wildman–Crippen LogP) is 5.90. The second kappa shape index (κ2) is 10.3. The van der Waals surface area contributed by atoms with Gasteiger partial charge in [-0.1, -0.05) is 45.7 Å². The minimum Gasteiger partial charge on any atom is -0.497 e. The van der Waals surface area contributed by atoms with Crippen molar-refractivity contribution in [2.24, 2.45) is 11.8 Å². The molecule has 0 aliphatic carbocycles. The Balaban J connectivity index is 2.78. The van der Waals surface area contributed by atoms with E-state index < -0.39 is 8.32 Å². The number of ether oxygens (including phenoxy) is 2. The van der Waals surface area contributed by atoms with Gasteiger partial charge < -0.3 is 13.9 Å². The van der Waals surface area contributed by atoms with Crippen molar-refractivity contribution in [3.8, 4) is 17.6 Å². The largest absolute Gasteiger partial charge is 0.497 e. The lowest BCUT2D eigenvalue weighted by atomic mass is 9.94. The summed E-state index contributed by atoms with van der Waals surface area (Å²) < 4.78 is 18.0. The van der Waals surface area contributed by atoms with Crippen LogP contribution in [-0.4, -0.2) is 28.1 Å². The van der Waals surface area contributed by atoms with Crippen molar-refractivity contribution >= 4 is 8.32 Å². The summed E-state index contributed by atoms with van der Waals surface area (Å²) >= 11 is 0. The molecule has 0 heterocycles. The molecule has 0 aliphatic heterocycles. The van der Waals surface area contributed by atoms with Gasteiger partial charge in [-0.05, 0) is 49.7 Å². The fraction of sp³-hybridized carbons (Fsp3) is 0.652. The average molecular weight is 391 g/mol. The Morgan fingerprint density at radius 1 is 1.07 bits per heavy atom. The topological polar surface area (TPSA) is 27.7 Å². The van der Waals surface area contributed by atoms with Crippen LogP contribution >= 0.6 is 0 Å². The first-order valence-corrected chi connectivity index (χ1v) is 12.7. The van der Waals surface area contributed by atoms with Crippen LogP contribution in [0, 0.1) is 23.7 Å². The molecule has 0 amide bonds. The van der Waals surface area contributed by atoms with Gasteiger partial charge in [-0.25, -0.2) is 0 Å². The lowest BCUT2D eigenvalue weighted by Gasteiger charge is -2.38. The van der Waals surface area contributed by atoms with Gasteiger partial charge in [-0.15, -0.1) is 5.92 Å². The first-order chi connectivity index (χ1) is 12.5. The summed E-state index contributed by atoms with van der Waals surface area (Å²) in [6.07, 6.45) is 0.0318. The zero-order chi connectivity index (χ0) is 20.7. The van der Waals surface area contributed by atoms with Gasteiger partial charge in [0.1, 0.15) is 5.75 Å². The van der Waals surface area contributed by atoms with E-state index in [2.05, 4.69) is 59.6 Å². The molecule has 3 nitrogen and oxygen atoms in total. The Labute approximate surface area is 167 Å². The second-order valence-corrected chi connectivity index (χ2v) is 13.7. The molecule has 0 saturated carbocycles. The third-order valence-corrected chi connectivity index (χ3v) is 10.0. The van der Waals surface area contributed by atoms with E-state index in [1.54, 1.807) is 7.11 Å². The van der Waals surface area contributed by atoms with E-state index in [0.717, 1.165) is 11.3 Å². The van der Waals surface area contributed by atoms with E-state index in [1.807, 2.05) is 31.2 Å².